The van der Waals surface area contributed by atoms with E-state index in [1.54, 1.807) is 14.2 Å². The van der Waals surface area contributed by atoms with Crippen LogP contribution in [0.25, 0.3) is 0 Å². The fraction of sp³-hybridized carbons (Fsp3) is 0.474. The molecule has 0 aliphatic carbocycles. The van der Waals surface area contributed by atoms with Gasteiger partial charge < -0.3 is 14.6 Å². The van der Waals surface area contributed by atoms with Crippen LogP contribution in [0.5, 0.6) is 11.5 Å². The van der Waals surface area contributed by atoms with Crippen LogP contribution in [0.2, 0.25) is 0 Å². The first kappa shape index (κ1) is 15.9. The summed E-state index contributed by atoms with van der Waals surface area (Å²) in [7, 11) is 3.33. The highest BCUT2D eigenvalue weighted by Gasteiger charge is 2.34. The number of hydrogen-bond acceptors (Lipinski definition) is 4. The zero-order chi connectivity index (χ0) is 16.6. The molecule has 4 heteroatoms. The lowest BCUT2D eigenvalue weighted by molar-refractivity contribution is 0.180. The Kier molecular flexibility index (Phi) is 4.35. The number of fused-ring (bicyclic) bond motifs is 3. The van der Waals surface area contributed by atoms with E-state index < -0.39 is 0 Å². The average molecular weight is 315 g/mol. The van der Waals surface area contributed by atoms with E-state index in [0.29, 0.717) is 11.8 Å². The van der Waals surface area contributed by atoms with Gasteiger partial charge in [0, 0.05) is 19.1 Å². The van der Waals surface area contributed by atoms with Crippen LogP contribution in [0.4, 0.5) is 0 Å². The number of ether oxygens (including phenoxy) is 2. The van der Waals surface area contributed by atoms with Crippen LogP contribution < -0.4 is 4.74 Å². The van der Waals surface area contributed by atoms with Gasteiger partial charge >= 0.3 is 0 Å². The molecule has 1 unspecified atom stereocenters. The minimum absolute atomic E-state index is 0.221. The molecule has 0 spiro atoms. The Bertz CT molecular complexity index is 675. The predicted octanol–water partition coefficient (Wildman–Crippen LogP) is 3.57. The van der Waals surface area contributed by atoms with Gasteiger partial charge in [0.15, 0.2) is 11.5 Å². The summed E-state index contributed by atoms with van der Waals surface area (Å²) in [5, 5.41) is 10.2. The third kappa shape index (κ3) is 2.72. The molecule has 0 fully saturated rings. The molecule has 1 N–H and O–H groups in total. The summed E-state index contributed by atoms with van der Waals surface area (Å²) in [6.45, 7) is 6.19. The van der Waals surface area contributed by atoms with Crippen LogP contribution in [0, 0.1) is 0 Å². The van der Waals surface area contributed by atoms with E-state index in [9.17, 15) is 5.11 Å². The number of methoxy groups -OCH3 is 2. The molecule has 1 aromatic rings. The Balaban J connectivity index is 2.00. The van der Waals surface area contributed by atoms with Gasteiger partial charge in [0.25, 0.3) is 0 Å². The van der Waals surface area contributed by atoms with Crippen molar-refractivity contribution in [3.05, 3.63) is 46.2 Å². The van der Waals surface area contributed by atoms with Gasteiger partial charge in [0.1, 0.15) is 5.76 Å². The first-order valence-electron chi connectivity index (χ1n) is 8.12. The van der Waals surface area contributed by atoms with Crippen LogP contribution in [-0.2, 0) is 11.2 Å². The second-order valence-corrected chi connectivity index (χ2v) is 6.28. The monoisotopic (exact) mass is 315 g/mol. The molecule has 1 aromatic carbocycles. The third-order valence-corrected chi connectivity index (χ3v) is 5.04. The first-order valence-corrected chi connectivity index (χ1v) is 8.12. The number of aromatic hydroxyl groups is 1. The van der Waals surface area contributed by atoms with Gasteiger partial charge in [-0.25, -0.2) is 0 Å². The van der Waals surface area contributed by atoms with Gasteiger partial charge in [-0.2, -0.15) is 0 Å². The number of allylic oxidation sites excluding steroid dienone is 2. The fourth-order valence-electron chi connectivity index (χ4n) is 3.86. The van der Waals surface area contributed by atoms with Crippen molar-refractivity contribution in [3.8, 4) is 11.5 Å². The van der Waals surface area contributed by atoms with Crippen LogP contribution in [-0.4, -0.2) is 37.3 Å². The number of phenols is 1. The van der Waals surface area contributed by atoms with Crippen molar-refractivity contribution in [2.45, 2.75) is 32.7 Å². The topological polar surface area (TPSA) is 41.9 Å². The van der Waals surface area contributed by atoms with Crippen molar-refractivity contribution in [2.24, 2.45) is 0 Å². The normalized spacial score (nSPS) is 21.7. The molecule has 2 aliphatic rings. The molecule has 0 saturated heterocycles. The SMILES string of the molecule is CC=C(OC)C1=C(C)CN2CCc3cc(OC)c(O)cc3C2C1. The fourth-order valence-corrected chi connectivity index (χ4v) is 3.86. The molecule has 3 rings (SSSR count). The quantitative estimate of drug-likeness (QED) is 0.866. The second-order valence-electron chi connectivity index (χ2n) is 6.28. The van der Waals surface area contributed by atoms with Gasteiger partial charge in [-0.05, 0) is 61.6 Å². The Morgan fingerprint density at radius 3 is 2.78 bits per heavy atom. The minimum atomic E-state index is 0.221. The molecule has 0 amide bonds. The van der Waals surface area contributed by atoms with Crippen molar-refractivity contribution in [1.82, 2.24) is 4.90 Å². The highest BCUT2D eigenvalue weighted by molar-refractivity contribution is 5.50. The van der Waals surface area contributed by atoms with Crippen molar-refractivity contribution < 1.29 is 14.6 Å². The summed E-state index contributed by atoms with van der Waals surface area (Å²) in [6.07, 6.45) is 3.94. The molecule has 0 saturated carbocycles. The number of phenolic OH excluding ortho intramolecular Hbond substituents is 1. The molecule has 0 aromatic heterocycles. The second kappa shape index (κ2) is 6.28. The minimum Gasteiger partial charge on any atom is -0.504 e. The van der Waals surface area contributed by atoms with Crippen molar-refractivity contribution in [2.75, 3.05) is 27.3 Å². The zero-order valence-corrected chi connectivity index (χ0v) is 14.3. The largest absolute Gasteiger partial charge is 0.504 e. The maximum absolute atomic E-state index is 10.2. The molecule has 4 nitrogen and oxygen atoms in total. The third-order valence-electron chi connectivity index (χ3n) is 5.04. The van der Waals surface area contributed by atoms with Crippen LogP contribution >= 0.6 is 0 Å². The van der Waals surface area contributed by atoms with Crippen LogP contribution in [0.3, 0.4) is 0 Å². The van der Waals surface area contributed by atoms with Crippen molar-refractivity contribution in [1.29, 1.82) is 0 Å². The highest BCUT2D eigenvalue weighted by atomic mass is 16.5. The Morgan fingerprint density at radius 1 is 1.35 bits per heavy atom. The van der Waals surface area contributed by atoms with Gasteiger partial charge in [-0.15, -0.1) is 0 Å². The van der Waals surface area contributed by atoms with Crippen molar-refractivity contribution >= 4 is 0 Å². The summed E-state index contributed by atoms with van der Waals surface area (Å²) in [5.74, 6) is 1.75. The van der Waals surface area contributed by atoms with Crippen LogP contribution in [0.1, 0.15) is 37.4 Å². The molecule has 0 radical (unpaired) electrons. The molecular formula is C19H25NO3. The van der Waals surface area contributed by atoms with E-state index in [0.717, 1.165) is 31.7 Å². The maximum atomic E-state index is 10.2. The molecule has 0 bridgehead atoms. The van der Waals surface area contributed by atoms with Gasteiger partial charge in [-0.1, -0.05) is 5.57 Å². The summed E-state index contributed by atoms with van der Waals surface area (Å²) < 4.78 is 10.8. The number of rotatable bonds is 3. The molecule has 2 aliphatic heterocycles. The molecular weight excluding hydrogens is 290 g/mol. The summed E-state index contributed by atoms with van der Waals surface area (Å²) in [4.78, 5) is 2.50. The first-order chi connectivity index (χ1) is 11.1. The van der Waals surface area contributed by atoms with Crippen molar-refractivity contribution in [3.63, 3.8) is 0 Å². The summed E-state index contributed by atoms with van der Waals surface area (Å²) in [5.41, 5.74) is 5.15. The molecule has 124 valence electrons. The van der Waals surface area contributed by atoms with Gasteiger partial charge in [-0.3, -0.25) is 4.90 Å². The predicted molar refractivity (Wildman–Crippen MR) is 90.8 cm³/mol. The van der Waals surface area contributed by atoms with E-state index in [1.807, 2.05) is 25.1 Å². The van der Waals surface area contributed by atoms with E-state index in [-0.39, 0.29) is 5.75 Å². The molecule has 2 heterocycles. The zero-order valence-electron chi connectivity index (χ0n) is 14.3. The summed E-state index contributed by atoms with van der Waals surface area (Å²) >= 11 is 0. The van der Waals surface area contributed by atoms with Crippen LogP contribution in [0.15, 0.2) is 35.1 Å². The lowest BCUT2D eigenvalue weighted by Crippen LogP contribution is -2.39. The number of hydrogen-bond donors (Lipinski definition) is 1. The molecule has 23 heavy (non-hydrogen) atoms. The van der Waals surface area contributed by atoms with E-state index >= 15 is 0 Å². The standard InChI is InChI=1S/C19H25NO3/c1-5-18(22-3)14-9-16-15-10-17(21)19(23-4)8-13(15)6-7-20(16)11-12(14)2/h5,8,10,16,21H,6-7,9,11H2,1-4H3. The lowest BCUT2D eigenvalue weighted by atomic mass is 9.83. The average Bonchev–Trinajstić information content (AvgIpc) is 2.56. The maximum Gasteiger partial charge on any atom is 0.160 e. The van der Waals surface area contributed by atoms with Gasteiger partial charge in [0.05, 0.1) is 14.2 Å². The van der Waals surface area contributed by atoms with E-state index in [4.69, 9.17) is 9.47 Å². The van der Waals surface area contributed by atoms with Gasteiger partial charge in [0.2, 0.25) is 0 Å². The molecule has 1 atom stereocenters. The lowest BCUT2D eigenvalue weighted by Gasteiger charge is -2.42. The Hall–Kier alpha value is -1.94. The highest BCUT2D eigenvalue weighted by Crippen LogP contribution is 2.43. The number of benzene rings is 1. The smallest absolute Gasteiger partial charge is 0.160 e. The summed E-state index contributed by atoms with van der Waals surface area (Å²) in [6, 6.07) is 4.16. The number of nitrogens with zero attached hydrogens (tertiary/aromatic N) is 1. The van der Waals surface area contributed by atoms with E-state index in [1.165, 1.54) is 22.3 Å². The Labute approximate surface area is 138 Å². The Morgan fingerprint density at radius 2 is 2.13 bits per heavy atom. The van der Waals surface area contributed by atoms with E-state index in [2.05, 4.69) is 11.8 Å².